The zero-order valence-corrected chi connectivity index (χ0v) is 13.8. The maximum Gasteiger partial charge on any atom is 0.153 e. The lowest BCUT2D eigenvalue weighted by molar-refractivity contribution is 0.669. The lowest BCUT2D eigenvalue weighted by Crippen LogP contribution is -2.15. The standard InChI is InChI=1S/C17H26N4/c1-6-10-18-11-15-8-9-17(19-12(15)3)21-14(5)16(7-2)13(4)20-21/h8-9,18H,6-7,10-11H2,1-5H3. The van der Waals surface area contributed by atoms with Crippen LogP contribution in [0.15, 0.2) is 12.1 Å². The van der Waals surface area contributed by atoms with Gasteiger partial charge in [0.05, 0.1) is 5.69 Å². The Kier molecular flexibility index (Phi) is 5.12. The molecule has 0 amide bonds. The molecule has 0 fully saturated rings. The first-order chi connectivity index (χ1) is 10.1. The van der Waals surface area contributed by atoms with E-state index in [0.29, 0.717) is 0 Å². The average Bonchev–Trinajstić information content (AvgIpc) is 2.75. The molecule has 0 aliphatic rings. The van der Waals surface area contributed by atoms with Crippen LogP contribution in [-0.2, 0) is 13.0 Å². The van der Waals surface area contributed by atoms with Crippen LogP contribution in [0.1, 0.15) is 48.5 Å². The first kappa shape index (κ1) is 15.7. The van der Waals surface area contributed by atoms with Crippen molar-refractivity contribution < 1.29 is 0 Å². The summed E-state index contributed by atoms with van der Waals surface area (Å²) in [4.78, 5) is 4.73. The minimum atomic E-state index is 0.879. The second-order valence-electron chi connectivity index (χ2n) is 5.51. The summed E-state index contributed by atoms with van der Waals surface area (Å²) in [5, 5.41) is 8.06. The molecular formula is C17H26N4. The normalized spacial score (nSPS) is 11.1. The highest BCUT2D eigenvalue weighted by atomic mass is 15.3. The fraction of sp³-hybridized carbons (Fsp3) is 0.529. The molecule has 0 aromatic carbocycles. The highest BCUT2D eigenvalue weighted by molar-refractivity contribution is 5.35. The molecule has 4 heteroatoms. The van der Waals surface area contributed by atoms with E-state index in [1.807, 2.05) is 4.68 Å². The van der Waals surface area contributed by atoms with Crippen molar-refractivity contribution in [2.24, 2.45) is 0 Å². The van der Waals surface area contributed by atoms with Crippen LogP contribution >= 0.6 is 0 Å². The largest absolute Gasteiger partial charge is 0.313 e. The Labute approximate surface area is 127 Å². The maximum atomic E-state index is 4.73. The Morgan fingerprint density at radius 1 is 1.10 bits per heavy atom. The SMILES string of the molecule is CCCNCc1ccc(-n2nc(C)c(CC)c2C)nc1C. The summed E-state index contributed by atoms with van der Waals surface area (Å²) in [5.74, 6) is 0.909. The number of nitrogens with zero attached hydrogens (tertiary/aromatic N) is 3. The summed E-state index contributed by atoms with van der Waals surface area (Å²) in [6.45, 7) is 12.5. The van der Waals surface area contributed by atoms with Crippen molar-refractivity contribution in [1.82, 2.24) is 20.1 Å². The van der Waals surface area contributed by atoms with Crippen LogP contribution in [0.4, 0.5) is 0 Å². The molecule has 1 N–H and O–H groups in total. The fourth-order valence-corrected chi connectivity index (χ4v) is 2.69. The molecule has 0 aliphatic carbocycles. The molecule has 0 aliphatic heterocycles. The van der Waals surface area contributed by atoms with Gasteiger partial charge in [0.1, 0.15) is 0 Å². The van der Waals surface area contributed by atoms with Gasteiger partial charge in [-0.1, -0.05) is 19.9 Å². The first-order valence-corrected chi connectivity index (χ1v) is 7.81. The number of aromatic nitrogens is 3. The summed E-state index contributed by atoms with van der Waals surface area (Å²) in [6, 6.07) is 4.22. The predicted octanol–water partition coefficient (Wildman–Crippen LogP) is 3.25. The van der Waals surface area contributed by atoms with Crippen LogP contribution in [0.2, 0.25) is 0 Å². The van der Waals surface area contributed by atoms with Crippen molar-refractivity contribution in [3.8, 4) is 5.82 Å². The van der Waals surface area contributed by atoms with Crippen LogP contribution in [-0.4, -0.2) is 21.3 Å². The number of rotatable bonds is 6. The van der Waals surface area contributed by atoms with E-state index in [0.717, 1.165) is 43.1 Å². The third-order valence-electron chi connectivity index (χ3n) is 3.93. The van der Waals surface area contributed by atoms with Gasteiger partial charge in [-0.2, -0.15) is 5.10 Å². The molecule has 2 aromatic heterocycles. The summed E-state index contributed by atoms with van der Waals surface area (Å²) >= 11 is 0. The van der Waals surface area contributed by atoms with Gasteiger partial charge < -0.3 is 5.32 Å². The zero-order valence-electron chi connectivity index (χ0n) is 13.8. The Balaban J connectivity index is 2.28. The fourth-order valence-electron chi connectivity index (χ4n) is 2.69. The van der Waals surface area contributed by atoms with Crippen LogP contribution in [0.25, 0.3) is 5.82 Å². The summed E-state index contributed by atoms with van der Waals surface area (Å²) < 4.78 is 1.96. The quantitative estimate of drug-likeness (QED) is 0.829. The maximum absolute atomic E-state index is 4.73. The van der Waals surface area contributed by atoms with Crippen LogP contribution in [0.5, 0.6) is 0 Å². The highest BCUT2D eigenvalue weighted by Gasteiger charge is 2.12. The summed E-state index contributed by atoms with van der Waals surface area (Å²) in [5.41, 5.74) is 5.94. The van der Waals surface area contributed by atoms with Crippen molar-refractivity contribution in [3.63, 3.8) is 0 Å². The monoisotopic (exact) mass is 286 g/mol. The van der Waals surface area contributed by atoms with Crippen LogP contribution in [0.3, 0.4) is 0 Å². The van der Waals surface area contributed by atoms with E-state index in [1.54, 1.807) is 0 Å². The second-order valence-corrected chi connectivity index (χ2v) is 5.51. The van der Waals surface area contributed by atoms with E-state index in [4.69, 9.17) is 4.98 Å². The Morgan fingerprint density at radius 3 is 2.43 bits per heavy atom. The average molecular weight is 286 g/mol. The number of hydrogen-bond donors (Lipinski definition) is 1. The van der Waals surface area contributed by atoms with Gasteiger partial charge in [-0.25, -0.2) is 9.67 Å². The lowest BCUT2D eigenvalue weighted by atomic mass is 10.1. The van der Waals surface area contributed by atoms with E-state index in [2.05, 4.69) is 57.2 Å². The molecular weight excluding hydrogens is 260 g/mol. The number of nitrogens with one attached hydrogen (secondary N) is 1. The minimum Gasteiger partial charge on any atom is -0.313 e. The second kappa shape index (κ2) is 6.85. The topological polar surface area (TPSA) is 42.7 Å². The van der Waals surface area contributed by atoms with Crippen molar-refractivity contribution >= 4 is 0 Å². The van der Waals surface area contributed by atoms with E-state index in [-0.39, 0.29) is 0 Å². The molecule has 2 heterocycles. The highest BCUT2D eigenvalue weighted by Crippen LogP contribution is 2.18. The van der Waals surface area contributed by atoms with Gasteiger partial charge in [0.15, 0.2) is 5.82 Å². The zero-order chi connectivity index (χ0) is 15.4. The van der Waals surface area contributed by atoms with Gasteiger partial charge in [-0.05, 0) is 57.4 Å². The third kappa shape index (κ3) is 3.32. The van der Waals surface area contributed by atoms with Gasteiger partial charge >= 0.3 is 0 Å². The van der Waals surface area contributed by atoms with Gasteiger partial charge in [0.25, 0.3) is 0 Å². The Morgan fingerprint density at radius 2 is 1.86 bits per heavy atom. The molecule has 0 radical (unpaired) electrons. The van der Waals surface area contributed by atoms with Crippen LogP contribution < -0.4 is 5.32 Å². The molecule has 0 atom stereocenters. The molecule has 0 unspecified atom stereocenters. The molecule has 114 valence electrons. The Hall–Kier alpha value is -1.68. The van der Waals surface area contributed by atoms with E-state index < -0.39 is 0 Å². The number of pyridine rings is 1. The molecule has 4 nitrogen and oxygen atoms in total. The molecule has 2 aromatic rings. The summed E-state index contributed by atoms with van der Waals surface area (Å²) in [7, 11) is 0. The lowest BCUT2D eigenvalue weighted by Gasteiger charge is -2.10. The van der Waals surface area contributed by atoms with Crippen molar-refractivity contribution in [2.75, 3.05) is 6.54 Å². The van der Waals surface area contributed by atoms with Crippen molar-refractivity contribution in [3.05, 3.63) is 40.3 Å². The Bertz CT molecular complexity index is 613. The smallest absolute Gasteiger partial charge is 0.153 e. The molecule has 21 heavy (non-hydrogen) atoms. The van der Waals surface area contributed by atoms with E-state index in [1.165, 1.54) is 16.8 Å². The third-order valence-corrected chi connectivity index (χ3v) is 3.93. The van der Waals surface area contributed by atoms with E-state index in [9.17, 15) is 0 Å². The molecule has 0 saturated heterocycles. The van der Waals surface area contributed by atoms with E-state index >= 15 is 0 Å². The number of hydrogen-bond acceptors (Lipinski definition) is 3. The molecule has 0 spiro atoms. The van der Waals surface area contributed by atoms with Gasteiger partial charge in [-0.15, -0.1) is 0 Å². The summed E-state index contributed by atoms with van der Waals surface area (Å²) in [6.07, 6.45) is 2.16. The van der Waals surface area contributed by atoms with Crippen LogP contribution in [0, 0.1) is 20.8 Å². The van der Waals surface area contributed by atoms with Crippen molar-refractivity contribution in [2.45, 2.75) is 54.0 Å². The molecule has 2 rings (SSSR count). The molecule has 0 bridgehead atoms. The van der Waals surface area contributed by atoms with Gasteiger partial charge in [-0.3, -0.25) is 0 Å². The predicted molar refractivity (Wildman–Crippen MR) is 86.9 cm³/mol. The molecule has 0 saturated carbocycles. The van der Waals surface area contributed by atoms with Gasteiger partial charge in [0.2, 0.25) is 0 Å². The van der Waals surface area contributed by atoms with Gasteiger partial charge in [0, 0.05) is 17.9 Å². The minimum absolute atomic E-state index is 0.879. The first-order valence-electron chi connectivity index (χ1n) is 7.81. The number of aryl methyl sites for hydroxylation is 2. The van der Waals surface area contributed by atoms with Crippen molar-refractivity contribution in [1.29, 1.82) is 0 Å².